The third-order valence-electron chi connectivity index (χ3n) is 2.27. The maximum absolute atomic E-state index is 5.56. The van der Waals surface area contributed by atoms with Gasteiger partial charge in [0.1, 0.15) is 12.4 Å². The molecular weight excluding hydrogens is 220 g/mol. The molecule has 2 aromatic heterocycles. The van der Waals surface area contributed by atoms with Crippen LogP contribution in [0.3, 0.4) is 0 Å². The maximum atomic E-state index is 5.56. The van der Waals surface area contributed by atoms with Gasteiger partial charge >= 0.3 is 0 Å². The molecule has 17 heavy (non-hydrogen) atoms. The van der Waals surface area contributed by atoms with Gasteiger partial charge in [0.25, 0.3) is 5.88 Å². The summed E-state index contributed by atoms with van der Waals surface area (Å²) in [5.74, 6) is 1.25. The molecule has 0 unspecified atom stereocenters. The van der Waals surface area contributed by atoms with E-state index in [0.717, 1.165) is 5.82 Å². The van der Waals surface area contributed by atoms with E-state index in [1.54, 1.807) is 6.20 Å². The summed E-state index contributed by atoms with van der Waals surface area (Å²) in [5, 5.41) is 2.98. The van der Waals surface area contributed by atoms with Crippen molar-refractivity contribution >= 4 is 11.5 Å². The zero-order chi connectivity index (χ0) is 12.1. The molecule has 0 atom stereocenters. The largest absolute Gasteiger partial charge is 0.473 e. The number of hydrogen-bond acceptors (Lipinski definition) is 5. The number of nitrogens with one attached hydrogen (secondary N) is 1. The van der Waals surface area contributed by atoms with Crippen molar-refractivity contribution in [2.45, 2.75) is 6.92 Å². The van der Waals surface area contributed by atoms with Crippen LogP contribution in [0.1, 0.15) is 6.92 Å². The lowest BCUT2D eigenvalue weighted by Crippen LogP contribution is -2.09. The molecule has 0 aromatic carbocycles. The first kappa shape index (κ1) is 11.7. The van der Waals surface area contributed by atoms with Crippen LogP contribution in [0.5, 0.6) is 5.88 Å². The van der Waals surface area contributed by atoms with E-state index >= 15 is 0 Å². The molecule has 0 aliphatic rings. The third-order valence-corrected chi connectivity index (χ3v) is 2.27. The second-order valence-corrected chi connectivity index (χ2v) is 3.38. The van der Waals surface area contributed by atoms with Gasteiger partial charge in [-0.05, 0) is 6.92 Å². The van der Waals surface area contributed by atoms with Crippen molar-refractivity contribution in [2.24, 2.45) is 0 Å². The molecule has 0 spiro atoms. The van der Waals surface area contributed by atoms with Crippen LogP contribution in [0.4, 0.5) is 5.82 Å². The van der Waals surface area contributed by atoms with Crippen molar-refractivity contribution in [3.63, 3.8) is 0 Å². The molecule has 92 valence electrons. The van der Waals surface area contributed by atoms with Crippen LogP contribution >= 0.6 is 0 Å². The normalized spacial score (nSPS) is 10.7. The Balaban J connectivity index is 2.16. The fraction of sp³-hybridized carbons (Fsp3) is 0.455. The highest BCUT2D eigenvalue weighted by Crippen LogP contribution is 2.18. The van der Waals surface area contributed by atoms with Gasteiger partial charge in [0, 0.05) is 26.0 Å². The summed E-state index contributed by atoms with van der Waals surface area (Å²) >= 11 is 0. The Morgan fingerprint density at radius 3 is 3.06 bits per heavy atom. The van der Waals surface area contributed by atoms with Gasteiger partial charge < -0.3 is 14.8 Å². The molecule has 0 saturated carbocycles. The number of rotatable bonds is 6. The second kappa shape index (κ2) is 5.49. The number of nitrogens with zero attached hydrogens (tertiary/aromatic N) is 3. The zero-order valence-corrected chi connectivity index (χ0v) is 10.0. The first-order chi connectivity index (χ1) is 8.35. The molecule has 0 saturated heterocycles. The van der Waals surface area contributed by atoms with Gasteiger partial charge in [-0.2, -0.15) is 4.98 Å². The quantitative estimate of drug-likeness (QED) is 0.763. The van der Waals surface area contributed by atoms with Crippen LogP contribution in [0.2, 0.25) is 0 Å². The summed E-state index contributed by atoms with van der Waals surface area (Å²) in [4.78, 5) is 8.52. The summed E-state index contributed by atoms with van der Waals surface area (Å²) in [5.41, 5.74) is 0.709. The van der Waals surface area contributed by atoms with Crippen molar-refractivity contribution < 1.29 is 9.47 Å². The highest BCUT2D eigenvalue weighted by atomic mass is 16.5. The highest BCUT2D eigenvalue weighted by molar-refractivity contribution is 5.53. The number of ether oxygens (including phenoxy) is 2. The predicted molar refractivity (Wildman–Crippen MR) is 64.5 cm³/mol. The Labute approximate surface area is 99.6 Å². The number of aromatic nitrogens is 3. The first-order valence-corrected chi connectivity index (χ1v) is 5.57. The van der Waals surface area contributed by atoms with E-state index in [9.17, 15) is 0 Å². The maximum Gasteiger partial charge on any atom is 0.260 e. The summed E-state index contributed by atoms with van der Waals surface area (Å²) in [6.07, 6.45) is 5.43. The average Bonchev–Trinajstić information content (AvgIpc) is 2.82. The monoisotopic (exact) mass is 236 g/mol. The topological polar surface area (TPSA) is 60.7 Å². The summed E-state index contributed by atoms with van der Waals surface area (Å²) < 4.78 is 12.6. The molecule has 0 amide bonds. The SMILES string of the molecule is CCOCCOc1nc(NC)cn2ccnc12. The smallest absolute Gasteiger partial charge is 0.260 e. The van der Waals surface area contributed by atoms with E-state index < -0.39 is 0 Å². The molecule has 0 aliphatic heterocycles. The number of anilines is 1. The number of hydrogen-bond donors (Lipinski definition) is 1. The fourth-order valence-electron chi connectivity index (χ4n) is 1.46. The molecule has 0 bridgehead atoms. The lowest BCUT2D eigenvalue weighted by Gasteiger charge is -2.08. The van der Waals surface area contributed by atoms with E-state index in [1.807, 2.05) is 30.8 Å². The third kappa shape index (κ3) is 2.65. The minimum absolute atomic E-state index is 0.469. The van der Waals surface area contributed by atoms with Crippen LogP contribution < -0.4 is 10.1 Å². The second-order valence-electron chi connectivity index (χ2n) is 3.38. The van der Waals surface area contributed by atoms with Crippen LogP contribution in [0.15, 0.2) is 18.6 Å². The van der Waals surface area contributed by atoms with Gasteiger partial charge in [-0.3, -0.25) is 4.40 Å². The zero-order valence-electron chi connectivity index (χ0n) is 10.0. The molecule has 1 N–H and O–H groups in total. The van der Waals surface area contributed by atoms with Gasteiger partial charge in [0.2, 0.25) is 5.65 Å². The van der Waals surface area contributed by atoms with Crippen molar-refractivity contribution in [1.29, 1.82) is 0 Å². The minimum Gasteiger partial charge on any atom is -0.473 e. The number of imidazole rings is 1. The van der Waals surface area contributed by atoms with E-state index in [1.165, 1.54) is 0 Å². The Kier molecular flexibility index (Phi) is 3.77. The Morgan fingerprint density at radius 2 is 2.29 bits per heavy atom. The van der Waals surface area contributed by atoms with Crippen molar-refractivity contribution in [1.82, 2.24) is 14.4 Å². The predicted octanol–water partition coefficient (Wildman–Crippen LogP) is 1.19. The molecule has 2 aromatic rings. The van der Waals surface area contributed by atoms with E-state index in [-0.39, 0.29) is 0 Å². The lowest BCUT2D eigenvalue weighted by molar-refractivity contribution is 0.109. The Bertz CT molecular complexity index is 483. The molecule has 6 heteroatoms. The van der Waals surface area contributed by atoms with Gasteiger partial charge in [-0.25, -0.2) is 4.98 Å². The van der Waals surface area contributed by atoms with Crippen molar-refractivity contribution in [2.75, 3.05) is 32.2 Å². The van der Waals surface area contributed by atoms with E-state index in [2.05, 4.69) is 15.3 Å². The van der Waals surface area contributed by atoms with Crippen molar-refractivity contribution in [3.05, 3.63) is 18.6 Å². The lowest BCUT2D eigenvalue weighted by atomic mass is 10.6. The molecule has 6 nitrogen and oxygen atoms in total. The Hall–Kier alpha value is -1.82. The van der Waals surface area contributed by atoms with Crippen LogP contribution in [0, 0.1) is 0 Å². The molecule has 0 fully saturated rings. The van der Waals surface area contributed by atoms with E-state index in [4.69, 9.17) is 9.47 Å². The van der Waals surface area contributed by atoms with E-state index in [0.29, 0.717) is 31.3 Å². The van der Waals surface area contributed by atoms with Gasteiger partial charge in [0.15, 0.2) is 0 Å². The molecular formula is C11H16N4O2. The fourth-order valence-corrected chi connectivity index (χ4v) is 1.46. The first-order valence-electron chi connectivity index (χ1n) is 5.57. The molecule has 2 rings (SSSR count). The van der Waals surface area contributed by atoms with Crippen LogP contribution in [-0.2, 0) is 4.74 Å². The van der Waals surface area contributed by atoms with Crippen molar-refractivity contribution in [3.8, 4) is 5.88 Å². The minimum atomic E-state index is 0.469. The summed E-state index contributed by atoms with van der Waals surface area (Å²) in [6, 6.07) is 0. The number of fused-ring (bicyclic) bond motifs is 1. The Morgan fingerprint density at radius 1 is 1.41 bits per heavy atom. The highest BCUT2D eigenvalue weighted by Gasteiger charge is 2.07. The van der Waals surface area contributed by atoms with Crippen LogP contribution in [-0.4, -0.2) is 41.2 Å². The van der Waals surface area contributed by atoms with Gasteiger partial charge in [0.05, 0.1) is 12.8 Å². The molecule has 0 aliphatic carbocycles. The van der Waals surface area contributed by atoms with Gasteiger partial charge in [-0.15, -0.1) is 0 Å². The average molecular weight is 236 g/mol. The molecule has 0 radical (unpaired) electrons. The summed E-state index contributed by atoms with van der Waals surface area (Å²) in [6.45, 7) is 3.66. The van der Waals surface area contributed by atoms with Crippen LogP contribution in [0.25, 0.3) is 5.65 Å². The summed E-state index contributed by atoms with van der Waals surface area (Å²) in [7, 11) is 1.81. The standard InChI is InChI=1S/C11H16N4O2/c1-3-16-6-7-17-11-10-13-4-5-15(10)8-9(12-2)14-11/h4-5,8,12H,3,6-7H2,1-2H3. The van der Waals surface area contributed by atoms with Gasteiger partial charge in [-0.1, -0.05) is 0 Å². The molecule has 2 heterocycles.